The first-order chi connectivity index (χ1) is 11.3. The molecule has 3 aromatic rings. The Morgan fingerprint density at radius 1 is 1.12 bits per heavy atom. The molecule has 124 valence electrons. The molecule has 1 aromatic heterocycles. The fourth-order valence-electron chi connectivity index (χ4n) is 2.41. The van der Waals surface area contributed by atoms with Gasteiger partial charge in [0.2, 0.25) is 10.0 Å². The molecule has 0 bridgehead atoms. The summed E-state index contributed by atoms with van der Waals surface area (Å²) in [5.74, 6) is -0.227. The van der Waals surface area contributed by atoms with Gasteiger partial charge in [-0.2, -0.15) is 0 Å². The van der Waals surface area contributed by atoms with E-state index in [9.17, 15) is 13.2 Å². The van der Waals surface area contributed by atoms with Crippen LogP contribution >= 0.6 is 11.6 Å². The minimum Gasteiger partial charge on any atom is -0.322 e. The number of pyridine rings is 1. The standard InChI is InChI=1S/C17H15ClN2O3S/c1-11-8-12-6-7-14(9-16(12)19-17(11)21)20-24(22,23)10-13-4-2-3-5-15(13)18/h2-9,20H,10H2,1H3,(H,19,21). The number of fused-ring (bicyclic) bond motifs is 1. The van der Waals surface area contributed by atoms with Crippen LogP contribution < -0.4 is 10.3 Å². The smallest absolute Gasteiger partial charge is 0.251 e. The van der Waals surface area contributed by atoms with E-state index in [1.54, 1.807) is 55.5 Å². The second-order valence-electron chi connectivity index (χ2n) is 5.54. The molecule has 24 heavy (non-hydrogen) atoms. The van der Waals surface area contributed by atoms with Crippen LogP contribution in [0.25, 0.3) is 10.9 Å². The quantitative estimate of drug-likeness (QED) is 0.746. The van der Waals surface area contributed by atoms with Crippen molar-refractivity contribution >= 4 is 38.2 Å². The predicted molar refractivity (Wildman–Crippen MR) is 97.0 cm³/mol. The summed E-state index contributed by atoms with van der Waals surface area (Å²) in [6, 6.07) is 13.6. The Labute approximate surface area is 144 Å². The van der Waals surface area contributed by atoms with Gasteiger partial charge in [-0.3, -0.25) is 9.52 Å². The number of hydrogen-bond acceptors (Lipinski definition) is 3. The van der Waals surface area contributed by atoms with Gasteiger partial charge in [-0.15, -0.1) is 0 Å². The van der Waals surface area contributed by atoms with Crippen LogP contribution in [0.1, 0.15) is 11.1 Å². The van der Waals surface area contributed by atoms with E-state index < -0.39 is 10.0 Å². The van der Waals surface area contributed by atoms with Crippen molar-refractivity contribution < 1.29 is 8.42 Å². The zero-order chi connectivity index (χ0) is 17.3. The van der Waals surface area contributed by atoms with Crippen LogP contribution in [-0.2, 0) is 15.8 Å². The second kappa shape index (κ2) is 6.30. The number of halogens is 1. The van der Waals surface area contributed by atoms with Gasteiger partial charge in [0.25, 0.3) is 5.56 Å². The molecule has 0 spiro atoms. The van der Waals surface area contributed by atoms with E-state index in [1.165, 1.54) is 0 Å². The van der Waals surface area contributed by atoms with E-state index in [1.807, 2.05) is 0 Å². The molecule has 7 heteroatoms. The summed E-state index contributed by atoms with van der Waals surface area (Å²) in [7, 11) is -3.62. The van der Waals surface area contributed by atoms with Crippen molar-refractivity contribution in [1.29, 1.82) is 0 Å². The lowest BCUT2D eigenvalue weighted by Gasteiger charge is -2.10. The van der Waals surface area contributed by atoms with E-state index in [0.29, 0.717) is 27.4 Å². The third-order valence-electron chi connectivity index (χ3n) is 3.61. The van der Waals surface area contributed by atoms with E-state index >= 15 is 0 Å². The zero-order valence-electron chi connectivity index (χ0n) is 12.8. The molecular weight excluding hydrogens is 348 g/mol. The zero-order valence-corrected chi connectivity index (χ0v) is 14.4. The predicted octanol–water partition coefficient (Wildman–Crippen LogP) is 3.43. The molecule has 0 aliphatic carbocycles. The van der Waals surface area contributed by atoms with Crippen molar-refractivity contribution in [3.8, 4) is 0 Å². The monoisotopic (exact) mass is 362 g/mol. The van der Waals surface area contributed by atoms with Gasteiger partial charge in [0, 0.05) is 10.6 Å². The number of benzene rings is 2. The molecule has 0 fully saturated rings. The molecule has 0 amide bonds. The molecule has 5 nitrogen and oxygen atoms in total. The van der Waals surface area contributed by atoms with Gasteiger partial charge >= 0.3 is 0 Å². The van der Waals surface area contributed by atoms with Crippen molar-refractivity contribution in [2.24, 2.45) is 0 Å². The number of H-pyrrole nitrogens is 1. The summed E-state index contributed by atoms with van der Waals surface area (Å²) in [6.45, 7) is 1.72. The molecule has 0 aliphatic heterocycles. The highest BCUT2D eigenvalue weighted by Gasteiger charge is 2.14. The number of rotatable bonds is 4. The summed E-state index contributed by atoms with van der Waals surface area (Å²) in [6.07, 6.45) is 0. The third kappa shape index (κ3) is 3.60. The van der Waals surface area contributed by atoms with Crippen LogP contribution in [-0.4, -0.2) is 13.4 Å². The van der Waals surface area contributed by atoms with E-state index in [2.05, 4.69) is 9.71 Å². The molecule has 3 rings (SSSR count). The molecule has 0 atom stereocenters. The highest BCUT2D eigenvalue weighted by atomic mass is 35.5. The number of hydrogen-bond donors (Lipinski definition) is 2. The van der Waals surface area contributed by atoms with Crippen LogP contribution in [0.3, 0.4) is 0 Å². The van der Waals surface area contributed by atoms with Gasteiger partial charge in [-0.1, -0.05) is 35.9 Å². The van der Waals surface area contributed by atoms with Gasteiger partial charge in [0.15, 0.2) is 0 Å². The van der Waals surface area contributed by atoms with Crippen LogP contribution in [0.15, 0.2) is 53.3 Å². The lowest BCUT2D eigenvalue weighted by molar-refractivity contribution is 0.600. The molecule has 2 aromatic carbocycles. The molecule has 0 saturated heterocycles. The van der Waals surface area contributed by atoms with Crippen molar-refractivity contribution in [3.63, 3.8) is 0 Å². The Kier molecular flexibility index (Phi) is 4.34. The van der Waals surface area contributed by atoms with Crippen molar-refractivity contribution in [1.82, 2.24) is 4.98 Å². The van der Waals surface area contributed by atoms with Crippen molar-refractivity contribution in [2.75, 3.05) is 4.72 Å². The fraction of sp³-hybridized carbons (Fsp3) is 0.118. The lowest BCUT2D eigenvalue weighted by atomic mass is 10.1. The van der Waals surface area contributed by atoms with Crippen LogP contribution in [0, 0.1) is 6.92 Å². The first kappa shape index (κ1) is 16.5. The normalized spacial score (nSPS) is 11.6. The molecule has 1 heterocycles. The number of sulfonamides is 1. The Hall–Kier alpha value is -2.31. The number of aryl methyl sites for hydroxylation is 1. The molecule has 0 unspecified atom stereocenters. The summed E-state index contributed by atoms with van der Waals surface area (Å²) in [4.78, 5) is 14.4. The maximum absolute atomic E-state index is 12.3. The van der Waals surface area contributed by atoms with Gasteiger partial charge in [0.05, 0.1) is 17.0 Å². The fourth-order valence-corrected chi connectivity index (χ4v) is 3.91. The summed E-state index contributed by atoms with van der Waals surface area (Å²) in [5.41, 5.74) is 1.89. The summed E-state index contributed by atoms with van der Waals surface area (Å²) >= 11 is 6.01. The molecule has 2 N–H and O–H groups in total. The van der Waals surface area contributed by atoms with Crippen molar-refractivity contribution in [2.45, 2.75) is 12.7 Å². The molecule has 0 saturated carbocycles. The Balaban J connectivity index is 1.89. The molecular formula is C17H15ClN2O3S. The van der Waals surface area contributed by atoms with Gasteiger partial charge < -0.3 is 4.98 Å². The van der Waals surface area contributed by atoms with Crippen molar-refractivity contribution in [3.05, 3.63) is 75.0 Å². The first-order valence-electron chi connectivity index (χ1n) is 7.22. The third-order valence-corrected chi connectivity index (χ3v) is 5.21. The van der Waals surface area contributed by atoms with Crippen LogP contribution in [0.4, 0.5) is 5.69 Å². The summed E-state index contributed by atoms with van der Waals surface area (Å²) in [5, 5.41) is 1.24. The average Bonchev–Trinajstić information content (AvgIpc) is 2.50. The maximum Gasteiger partial charge on any atom is 0.251 e. The second-order valence-corrected chi connectivity index (χ2v) is 7.67. The number of aromatic amines is 1. The SMILES string of the molecule is Cc1cc2ccc(NS(=O)(=O)Cc3ccccc3Cl)cc2[nH]c1=O. The van der Waals surface area contributed by atoms with E-state index in [0.717, 1.165) is 5.39 Å². The number of anilines is 1. The Bertz CT molecular complexity index is 1070. The van der Waals surface area contributed by atoms with E-state index in [-0.39, 0.29) is 11.3 Å². The minimum absolute atomic E-state index is 0.196. The number of nitrogens with one attached hydrogen (secondary N) is 2. The van der Waals surface area contributed by atoms with E-state index in [4.69, 9.17) is 11.6 Å². The first-order valence-corrected chi connectivity index (χ1v) is 9.25. The summed E-state index contributed by atoms with van der Waals surface area (Å²) < 4.78 is 27.2. The van der Waals surface area contributed by atoms with Crippen LogP contribution in [0.5, 0.6) is 0 Å². The van der Waals surface area contributed by atoms with Crippen LogP contribution in [0.2, 0.25) is 5.02 Å². The lowest BCUT2D eigenvalue weighted by Crippen LogP contribution is -2.15. The molecule has 0 aliphatic rings. The average molecular weight is 363 g/mol. The molecule has 0 radical (unpaired) electrons. The highest BCUT2D eigenvalue weighted by Crippen LogP contribution is 2.21. The largest absolute Gasteiger partial charge is 0.322 e. The van der Waals surface area contributed by atoms with Gasteiger partial charge in [0.1, 0.15) is 0 Å². The van der Waals surface area contributed by atoms with Gasteiger partial charge in [-0.25, -0.2) is 8.42 Å². The highest BCUT2D eigenvalue weighted by molar-refractivity contribution is 7.91. The minimum atomic E-state index is -3.62. The maximum atomic E-state index is 12.3. The topological polar surface area (TPSA) is 79.0 Å². The Morgan fingerprint density at radius 3 is 2.62 bits per heavy atom. The van der Waals surface area contributed by atoms with Gasteiger partial charge in [-0.05, 0) is 42.1 Å². The Morgan fingerprint density at radius 2 is 1.88 bits per heavy atom. The number of aromatic nitrogens is 1.